The second-order valence-corrected chi connectivity index (χ2v) is 9.27. The van der Waals surface area contributed by atoms with E-state index in [1.807, 2.05) is 62.4 Å². The number of allylic oxidation sites excluding steroid dienone is 1. The first-order chi connectivity index (χ1) is 17.7. The van der Waals surface area contributed by atoms with Gasteiger partial charge in [0.15, 0.2) is 5.88 Å². The lowest BCUT2D eigenvalue weighted by Gasteiger charge is -2.12. The standard InChI is InChI=1S/C22H23N3O2.C9H19N/c1-4-27-17(3)23-20-7-5-6-18(14-20)15-25-22(26)13-12-21(24-25)19-10-8-16(2)9-11-19;1-5-6-9(2)7-8-10(3)4/h5-14,23H,3-4,15H2,1-2H3;6H,5,7-8H2,1-4H3/b;9-6-. The molecule has 0 amide bonds. The smallest absolute Gasteiger partial charge is 0.267 e. The highest BCUT2D eigenvalue weighted by Gasteiger charge is 2.06. The van der Waals surface area contributed by atoms with Crippen LogP contribution >= 0.6 is 0 Å². The zero-order valence-corrected chi connectivity index (χ0v) is 23.3. The molecule has 0 saturated heterocycles. The minimum Gasteiger partial charge on any atom is -0.480 e. The summed E-state index contributed by atoms with van der Waals surface area (Å²) in [5, 5.41) is 7.63. The summed E-state index contributed by atoms with van der Waals surface area (Å²) in [6.45, 7) is 14.3. The fraction of sp³-hybridized carbons (Fsp3) is 0.355. The molecule has 0 aliphatic heterocycles. The van der Waals surface area contributed by atoms with Crippen LogP contribution in [0.25, 0.3) is 11.3 Å². The normalized spacial score (nSPS) is 11.1. The molecular weight excluding hydrogens is 460 g/mol. The molecule has 0 spiro atoms. The number of rotatable bonds is 11. The zero-order chi connectivity index (χ0) is 27.2. The van der Waals surface area contributed by atoms with Crippen LogP contribution < -0.4 is 10.9 Å². The average molecular weight is 503 g/mol. The molecule has 0 fully saturated rings. The molecule has 0 aliphatic carbocycles. The summed E-state index contributed by atoms with van der Waals surface area (Å²) in [5.41, 5.74) is 6.13. The van der Waals surface area contributed by atoms with Crippen LogP contribution in [0.2, 0.25) is 0 Å². The minimum absolute atomic E-state index is 0.136. The summed E-state index contributed by atoms with van der Waals surface area (Å²) in [4.78, 5) is 14.5. The van der Waals surface area contributed by atoms with Gasteiger partial charge in [0.2, 0.25) is 0 Å². The number of aryl methyl sites for hydroxylation is 1. The third-order valence-corrected chi connectivity index (χ3v) is 5.58. The van der Waals surface area contributed by atoms with Crippen LogP contribution in [0.4, 0.5) is 5.69 Å². The van der Waals surface area contributed by atoms with Crippen molar-refractivity contribution in [3.63, 3.8) is 0 Å². The number of nitrogens with zero attached hydrogens (tertiary/aromatic N) is 3. The summed E-state index contributed by atoms with van der Waals surface area (Å²) in [6, 6.07) is 19.2. The van der Waals surface area contributed by atoms with Gasteiger partial charge in [-0.15, -0.1) is 0 Å². The van der Waals surface area contributed by atoms with Crippen LogP contribution in [0, 0.1) is 6.92 Å². The van der Waals surface area contributed by atoms with Crippen LogP contribution in [-0.4, -0.2) is 41.9 Å². The zero-order valence-electron chi connectivity index (χ0n) is 23.3. The Labute approximate surface area is 222 Å². The Balaban J connectivity index is 0.000000410. The largest absolute Gasteiger partial charge is 0.480 e. The molecule has 0 saturated carbocycles. The fourth-order valence-electron chi connectivity index (χ4n) is 3.58. The number of nitrogens with one attached hydrogen (secondary N) is 1. The lowest BCUT2D eigenvalue weighted by Crippen LogP contribution is -2.22. The van der Waals surface area contributed by atoms with Gasteiger partial charge in [0.1, 0.15) is 0 Å². The maximum atomic E-state index is 12.3. The van der Waals surface area contributed by atoms with Crippen molar-refractivity contribution in [3.8, 4) is 11.3 Å². The van der Waals surface area contributed by atoms with Gasteiger partial charge in [0.25, 0.3) is 5.56 Å². The molecular formula is C31H42N4O2. The summed E-state index contributed by atoms with van der Waals surface area (Å²) in [6.07, 6.45) is 4.67. The quantitative estimate of drug-likeness (QED) is 0.240. The highest BCUT2D eigenvalue weighted by molar-refractivity contribution is 5.58. The van der Waals surface area contributed by atoms with E-state index in [0.29, 0.717) is 19.0 Å². The van der Waals surface area contributed by atoms with Crippen molar-refractivity contribution in [2.45, 2.75) is 47.1 Å². The Morgan fingerprint density at radius 1 is 1.11 bits per heavy atom. The number of hydrogen-bond acceptors (Lipinski definition) is 5. The van der Waals surface area contributed by atoms with Crippen molar-refractivity contribution < 1.29 is 4.74 Å². The number of ether oxygens (including phenoxy) is 1. The number of hydrogen-bond donors (Lipinski definition) is 1. The van der Waals surface area contributed by atoms with Gasteiger partial charge in [-0.1, -0.05) is 60.5 Å². The van der Waals surface area contributed by atoms with Gasteiger partial charge >= 0.3 is 0 Å². The maximum absolute atomic E-state index is 12.3. The Hall–Kier alpha value is -3.64. The molecule has 6 heteroatoms. The van der Waals surface area contributed by atoms with E-state index in [0.717, 1.165) is 22.5 Å². The van der Waals surface area contributed by atoms with E-state index in [-0.39, 0.29) is 5.56 Å². The SMILES string of the molecule is C=C(Nc1cccc(Cn2nc(-c3ccc(C)cc3)ccc2=O)c1)OCC.CC/C=C(/C)CCN(C)C. The first-order valence-electron chi connectivity index (χ1n) is 12.8. The Morgan fingerprint density at radius 2 is 1.84 bits per heavy atom. The summed E-state index contributed by atoms with van der Waals surface area (Å²) in [7, 11) is 4.22. The van der Waals surface area contributed by atoms with Crippen LogP contribution in [0.5, 0.6) is 0 Å². The number of benzene rings is 2. The molecule has 1 heterocycles. The molecule has 3 rings (SSSR count). The Kier molecular flexibility index (Phi) is 12.4. The molecule has 1 aromatic heterocycles. The second kappa shape index (κ2) is 15.5. The van der Waals surface area contributed by atoms with Crippen molar-refractivity contribution in [1.82, 2.24) is 14.7 Å². The minimum atomic E-state index is -0.136. The van der Waals surface area contributed by atoms with Crippen molar-refractivity contribution in [1.29, 1.82) is 0 Å². The average Bonchev–Trinajstić information content (AvgIpc) is 2.86. The summed E-state index contributed by atoms with van der Waals surface area (Å²) in [5.74, 6) is 0.492. The third-order valence-electron chi connectivity index (χ3n) is 5.58. The summed E-state index contributed by atoms with van der Waals surface area (Å²) >= 11 is 0. The molecule has 0 bridgehead atoms. The van der Waals surface area contributed by atoms with Gasteiger partial charge in [0, 0.05) is 23.9 Å². The van der Waals surface area contributed by atoms with E-state index in [1.165, 1.54) is 35.2 Å². The second-order valence-electron chi connectivity index (χ2n) is 9.27. The van der Waals surface area contributed by atoms with E-state index < -0.39 is 0 Å². The van der Waals surface area contributed by atoms with Crippen molar-refractivity contribution in [3.05, 3.63) is 106 Å². The molecule has 0 unspecified atom stereocenters. The molecule has 37 heavy (non-hydrogen) atoms. The van der Waals surface area contributed by atoms with E-state index in [2.05, 4.69) is 55.9 Å². The van der Waals surface area contributed by atoms with E-state index in [4.69, 9.17) is 4.74 Å². The van der Waals surface area contributed by atoms with Crippen LogP contribution in [-0.2, 0) is 11.3 Å². The van der Waals surface area contributed by atoms with Gasteiger partial charge in [-0.05, 0) is 78.0 Å². The van der Waals surface area contributed by atoms with Gasteiger partial charge in [-0.3, -0.25) is 4.79 Å². The molecule has 0 aliphatic rings. The van der Waals surface area contributed by atoms with Gasteiger partial charge in [-0.2, -0.15) is 5.10 Å². The molecule has 0 atom stereocenters. The van der Waals surface area contributed by atoms with Crippen molar-refractivity contribution in [2.75, 3.05) is 32.6 Å². The number of aromatic nitrogens is 2. The molecule has 198 valence electrons. The van der Waals surface area contributed by atoms with Crippen LogP contribution in [0.3, 0.4) is 0 Å². The van der Waals surface area contributed by atoms with Crippen LogP contribution in [0.15, 0.2) is 89.6 Å². The lowest BCUT2D eigenvalue weighted by molar-refractivity contribution is 0.236. The van der Waals surface area contributed by atoms with Gasteiger partial charge in [0.05, 0.1) is 18.8 Å². The fourth-order valence-corrected chi connectivity index (χ4v) is 3.58. The summed E-state index contributed by atoms with van der Waals surface area (Å²) < 4.78 is 6.80. The molecule has 0 radical (unpaired) electrons. The Bertz CT molecular complexity index is 1210. The van der Waals surface area contributed by atoms with Crippen molar-refractivity contribution in [2.24, 2.45) is 0 Å². The first kappa shape index (κ1) is 29.6. The molecule has 6 nitrogen and oxygen atoms in total. The van der Waals surface area contributed by atoms with Gasteiger partial charge < -0.3 is 15.0 Å². The topological polar surface area (TPSA) is 59.4 Å². The molecule has 3 aromatic rings. The molecule has 2 aromatic carbocycles. The maximum Gasteiger partial charge on any atom is 0.267 e. The third kappa shape index (κ3) is 10.9. The lowest BCUT2D eigenvalue weighted by atomic mass is 10.1. The number of anilines is 1. The monoisotopic (exact) mass is 502 g/mol. The van der Waals surface area contributed by atoms with Crippen LogP contribution in [0.1, 0.15) is 44.7 Å². The van der Waals surface area contributed by atoms with E-state index >= 15 is 0 Å². The van der Waals surface area contributed by atoms with Crippen molar-refractivity contribution >= 4 is 5.69 Å². The predicted octanol–water partition coefficient (Wildman–Crippen LogP) is 6.48. The highest BCUT2D eigenvalue weighted by Crippen LogP contribution is 2.17. The van der Waals surface area contributed by atoms with Gasteiger partial charge in [-0.25, -0.2) is 4.68 Å². The first-order valence-corrected chi connectivity index (χ1v) is 12.8. The predicted molar refractivity (Wildman–Crippen MR) is 156 cm³/mol. The van der Waals surface area contributed by atoms with E-state index in [9.17, 15) is 4.79 Å². The highest BCUT2D eigenvalue weighted by atomic mass is 16.5. The Morgan fingerprint density at radius 3 is 2.49 bits per heavy atom. The van der Waals surface area contributed by atoms with E-state index in [1.54, 1.807) is 12.1 Å². The molecule has 1 N–H and O–H groups in total.